The van der Waals surface area contributed by atoms with Crippen LogP contribution in [0.1, 0.15) is 0 Å². The molecular formula is C10H17N3O11S2. The normalized spacial score (nSPS) is 29.7. The van der Waals surface area contributed by atoms with Crippen LogP contribution in [0.4, 0.5) is 0 Å². The van der Waals surface area contributed by atoms with Crippen molar-refractivity contribution in [3.63, 3.8) is 0 Å². The molecule has 150 valence electrons. The first-order valence-corrected chi connectivity index (χ1v) is 9.48. The van der Waals surface area contributed by atoms with E-state index >= 15 is 0 Å². The van der Waals surface area contributed by atoms with Crippen LogP contribution in [0.2, 0.25) is 0 Å². The van der Waals surface area contributed by atoms with Crippen LogP contribution in [0.15, 0.2) is 17.8 Å². The molecule has 1 heterocycles. The maximum Gasteiger partial charge on any atom is 0.397 e. The van der Waals surface area contributed by atoms with Gasteiger partial charge in [-0.25, -0.2) is 8.37 Å². The van der Waals surface area contributed by atoms with E-state index in [1.165, 1.54) is 6.08 Å². The molecule has 0 radical (unpaired) electrons. The molecule has 0 bridgehead atoms. The third kappa shape index (κ3) is 7.12. The average molecular weight is 419 g/mol. The monoisotopic (exact) mass is 419 g/mol. The topological polar surface area (TPSA) is 204 Å². The summed E-state index contributed by atoms with van der Waals surface area (Å²) in [5.74, 6) is 0. The minimum Gasteiger partial charge on any atom is -0.369 e. The Labute approximate surface area is 149 Å². The Balaban J connectivity index is 3.35. The smallest absolute Gasteiger partial charge is 0.369 e. The van der Waals surface area contributed by atoms with Gasteiger partial charge in [0.25, 0.3) is 0 Å². The van der Waals surface area contributed by atoms with Gasteiger partial charge in [0.15, 0.2) is 12.4 Å². The third-order valence-corrected chi connectivity index (χ3v) is 3.95. The second-order valence-corrected chi connectivity index (χ2v) is 6.85. The molecule has 0 aromatic heterocycles. The molecule has 14 nitrogen and oxygen atoms in total. The summed E-state index contributed by atoms with van der Waals surface area (Å²) < 4.78 is 86.8. The summed E-state index contributed by atoms with van der Waals surface area (Å²) in [5.41, 5.74) is 8.45. The first-order chi connectivity index (χ1) is 12.0. The lowest BCUT2D eigenvalue weighted by Crippen LogP contribution is -2.62. The van der Waals surface area contributed by atoms with Crippen molar-refractivity contribution in [3.8, 4) is 0 Å². The van der Waals surface area contributed by atoms with E-state index in [-0.39, 0.29) is 13.2 Å². The molecule has 5 atom stereocenters. The second kappa shape index (κ2) is 9.56. The first kappa shape index (κ1) is 22.7. The Bertz CT molecular complexity index is 733. The third-order valence-electron chi connectivity index (χ3n) is 3.02. The number of methoxy groups -OCH3 is 1. The summed E-state index contributed by atoms with van der Waals surface area (Å²) in [7, 11) is -9.17. The lowest BCUT2D eigenvalue weighted by Gasteiger charge is -2.43. The van der Waals surface area contributed by atoms with E-state index in [9.17, 15) is 16.8 Å². The van der Waals surface area contributed by atoms with Gasteiger partial charge in [0, 0.05) is 12.0 Å². The maximum absolute atomic E-state index is 11.2. The molecule has 0 spiro atoms. The van der Waals surface area contributed by atoms with E-state index in [1.807, 2.05) is 0 Å². The number of azide groups is 1. The van der Waals surface area contributed by atoms with Gasteiger partial charge >= 0.3 is 20.8 Å². The van der Waals surface area contributed by atoms with E-state index in [4.69, 9.17) is 28.8 Å². The standard InChI is InChI=1S/C10H17N3O11S2/c1-3-4-21-7-6(5-12-13-11)22-10(20-2)9(24-26(17,18)19)8(7)23-25(14,15)16/h3,6-10H,1,4-5H2,2H3,(H,14,15,16)(H,17,18,19)/t6-,7-,8+,9+,10+/m1/s1. The van der Waals surface area contributed by atoms with E-state index < -0.39 is 51.5 Å². The van der Waals surface area contributed by atoms with Crippen molar-refractivity contribution in [1.82, 2.24) is 0 Å². The fraction of sp³-hybridized carbons (Fsp3) is 0.800. The van der Waals surface area contributed by atoms with Gasteiger partial charge in [-0.3, -0.25) is 9.11 Å². The number of rotatable bonds is 10. The molecule has 0 aliphatic carbocycles. The van der Waals surface area contributed by atoms with Crippen molar-refractivity contribution >= 4 is 20.8 Å². The van der Waals surface area contributed by atoms with Crippen LogP contribution in [0.25, 0.3) is 10.4 Å². The lowest BCUT2D eigenvalue weighted by atomic mass is 9.98. The van der Waals surface area contributed by atoms with Crippen LogP contribution in [-0.4, -0.2) is 76.9 Å². The van der Waals surface area contributed by atoms with Crippen molar-refractivity contribution in [3.05, 3.63) is 23.1 Å². The molecule has 0 aromatic rings. The number of hydrogen-bond acceptors (Lipinski definition) is 10. The fourth-order valence-electron chi connectivity index (χ4n) is 2.21. The van der Waals surface area contributed by atoms with Gasteiger partial charge in [-0.2, -0.15) is 16.8 Å². The SMILES string of the molecule is C=CCO[C@H]1[C@H](OS(=O)(=O)O)[C@H](OS(=O)(=O)O)[C@@H](OC)O[C@@H]1CN=[N+]=[N-]. The summed E-state index contributed by atoms with van der Waals surface area (Å²) in [6, 6.07) is 0. The molecule has 26 heavy (non-hydrogen) atoms. The number of nitrogens with zero attached hydrogens (tertiary/aromatic N) is 3. The largest absolute Gasteiger partial charge is 0.397 e. The van der Waals surface area contributed by atoms with Crippen molar-refractivity contribution < 1.29 is 48.5 Å². The van der Waals surface area contributed by atoms with Gasteiger partial charge < -0.3 is 14.2 Å². The van der Waals surface area contributed by atoms with Crippen LogP contribution in [-0.2, 0) is 43.4 Å². The number of ether oxygens (including phenoxy) is 3. The van der Waals surface area contributed by atoms with Crippen molar-refractivity contribution in [2.45, 2.75) is 30.7 Å². The van der Waals surface area contributed by atoms with E-state index in [0.29, 0.717) is 0 Å². The summed E-state index contributed by atoms with van der Waals surface area (Å²) >= 11 is 0. The van der Waals surface area contributed by atoms with Crippen LogP contribution in [0.3, 0.4) is 0 Å². The molecule has 1 aliphatic heterocycles. The molecule has 2 N–H and O–H groups in total. The fourth-order valence-corrected chi connectivity index (χ4v) is 3.19. The van der Waals surface area contributed by atoms with Crippen LogP contribution < -0.4 is 0 Å². The molecule has 16 heteroatoms. The van der Waals surface area contributed by atoms with Gasteiger partial charge in [-0.15, -0.1) is 6.58 Å². The van der Waals surface area contributed by atoms with E-state index in [0.717, 1.165) is 7.11 Å². The quantitative estimate of drug-likeness (QED) is 0.153. The van der Waals surface area contributed by atoms with Crippen LogP contribution in [0, 0.1) is 0 Å². The minimum absolute atomic E-state index is 0.178. The van der Waals surface area contributed by atoms with Crippen molar-refractivity contribution in [2.75, 3.05) is 20.3 Å². The molecule has 1 saturated heterocycles. The lowest BCUT2D eigenvalue weighted by molar-refractivity contribution is -0.283. The van der Waals surface area contributed by atoms with Crippen LogP contribution >= 0.6 is 0 Å². The highest BCUT2D eigenvalue weighted by molar-refractivity contribution is 7.81. The van der Waals surface area contributed by atoms with Crippen molar-refractivity contribution in [1.29, 1.82) is 0 Å². The maximum atomic E-state index is 11.2. The molecular weight excluding hydrogens is 402 g/mol. The molecule has 0 unspecified atom stereocenters. The predicted molar refractivity (Wildman–Crippen MR) is 82.5 cm³/mol. The summed E-state index contributed by atoms with van der Waals surface area (Å²) in [4.78, 5) is 2.53. The minimum atomic E-state index is -5.12. The van der Waals surface area contributed by atoms with Gasteiger partial charge in [0.2, 0.25) is 0 Å². The second-order valence-electron chi connectivity index (χ2n) is 4.76. The summed E-state index contributed by atoms with van der Waals surface area (Å²) in [6.45, 7) is 2.83. The number of hydrogen-bond donors (Lipinski definition) is 2. The summed E-state index contributed by atoms with van der Waals surface area (Å²) in [5, 5.41) is 3.27. The predicted octanol–water partition coefficient (Wildman–Crippen LogP) is -0.385. The van der Waals surface area contributed by atoms with Gasteiger partial charge in [-0.05, 0) is 5.53 Å². The highest BCUT2D eigenvalue weighted by atomic mass is 32.3. The van der Waals surface area contributed by atoms with E-state index in [1.54, 1.807) is 0 Å². The zero-order valence-corrected chi connectivity index (χ0v) is 14.9. The Morgan fingerprint density at radius 3 is 2.23 bits per heavy atom. The Kier molecular flexibility index (Phi) is 8.35. The molecule has 1 fully saturated rings. The summed E-state index contributed by atoms with van der Waals surface area (Å²) in [6.07, 6.45) is -6.66. The highest BCUT2D eigenvalue weighted by Crippen LogP contribution is 2.30. The Hall–Kier alpha value is -1.33. The first-order valence-electron chi connectivity index (χ1n) is 6.75. The van der Waals surface area contributed by atoms with E-state index in [2.05, 4.69) is 25.0 Å². The average Bonchev–Trinajstić information content (AvgIpc) is 2.51. The van der Waals surface area contributed by atoms with Gasteiger partial charge in [-0.1, -0.05) is 11.2 Å². The molecule has 0 saturated carbocycles. The van der Waals surface area contributed by atoms with Gasteiger partial charge in [0.1, 0.15) is 12.2 Å². The molecule has 1 rings (SSSR count). The zero-order valence-electron chi connectivity index (χ0n) is 13.3. The molecule has 0 aromatic carbocycles. The zero-order chi connectivity index (χ0) is 20.0. The molecule has 1 aliphatic rings. The molecule has 0 amide bonds. The van der Waals surface area contributed by atoms with Crippen molar-refractivity contribution in [2.24, 2.45) is 5.11 Å². The van der Waals surface area contributed by atoms with Gasteiger partial charge in [0.05, 0.1) is 19.3 Å². The highest BCUT2D eigenvalue weighted by Gasteiger charge is 2.51. The van der Waals surface area contributed by atoms with Crippen LogP contribution in [0.5, 0.6) is 0 Å². The Morgan fingerprint density at radius 1 is 1.19 bits per heavy atom. The Morgan fingerprint density at radius 2 is 1.77 bits per heavy atom.